The molecule has 4 aromatic rings. The van der Waals surface area contributed by atoms with Gasteiger partial charge in [0.25, 0.3) is 0 Å². The Labute approximate surface area is 195 Å². The van der Waals surface area contributed by atoms with Gasteiger partial charge in [0, 0.05) is 24.0 Å². The van der Waals surface area contributed by atoms with E-state index in [9.17, 15) is 4.79 Å². The number of aromatic amines is 1. The number of likely N-dealkylation sites (tertiary alicyclic amines) is 1. The van der Waals surface area contributed by atoms with E-state index in [0.29, 0.717) is 22.5 Å². The van der Waals surface area contributed by atoms with Crippen molar-refractivity contribution in [2.75, 3.05) is 18.8 Å². The molecule has 7 nitrogen and oxygen atoms in total. The second kappa shape index (κ2) is 8.96. The number of thioether (sulfide) groups is 1. The van der Waals surface area contributed by atoms with Gasteiger partial charge in [0.05, 0.1) is 22.5 Å². The SMILES string of the molecule is Cc1ccc(-n2cnnc2SCC(=O)N2CCCC(c3nc4ccccc4[nH]3)C2)cc1Cl. The van der Waals surface area contributed by atoms with Crippen LogP contribution in [0.2, 0.25) is 5.02 Å². The van der Waals surface area contributed by atoms with Crippen molar-refractivity contribution < 1.29 is 4.79 Å². The van der Waals surface area contributed by atoms with Crippen LogP contribution in [0.25, 0.3) is 16.7 Å². The van der Waals surface area contributed by atoms with Crippen LogP contribution in [-0.2, 0) is 4.79 Å². The van der Waals surface area contributed by atoms with Crippen molar-refractivity contribution in [1.82, 2.24) is 29.6 Å². The van der Waals surface area contributed by atoms with Gasteiger partial charge in [-0.3, -0.25) is 9.36 Å². The number of fused-ring (bicyclic) bond motifs is 1. The van der Waals surface area contributed by atoms with Crippen molar-refractivity contribution in [3.63, 3.8) is 0 Å². The zero-order chi connectivity index (χ0) is 22.1. The third kappa shape index (κ3) is 4.25. The predicted octanol–water partition coefficient (Wildman–Crippen LogP) is 4.60. The Kier molecular flexibility index (Phi) is 5.89. The van der Waals surface area contributed by atoms with Gasteiger partial charge < -0.3 is 9.88 Å². The van der Waals surface area contributed by atoms with Crippen LogP contribution in [0.5, 0.6) is 0 Å². The zero-order valence-electron chi connectivity index (χ0n) is 17.7. The minimum Gasteiger partial charge on any atom is -0.342 e. The van der Waals surface area contributed by atoms with Gasteiger partial charge in [0.2, 0.25) is 5.91 Å². The normalized spacial score (nSPS) is 16.6. The van der Waals surface area contributed by atoms with Crippen LogP contribution in [0.3, 0.4) is 0 Å². The number of imidazole rings is 1. The van der Waals surface area contributed by atoms with Crippen LogP contribution in [0.1, 0.15) is 30.1 Å². The molecule has 0 radical (unpaired) electrons. The number of nitrogens with zero attached hydrogens (tertiary/aromatic N) is 5. The molecule has 2 aromatic heterocycles. The first kappa shape index (κ1) is 21.0. The second-order valence-electron chi connectivity index (χ2n) is 8.02. The van der Waals surface area contributed by atoms with Crippen LogP contribution in [0.4, 0.5) is 0 Å². The fraction of sp³-hybridized carbons (Fsp3) is 0.304. The molecule has 9 heteroatoms. The fourth-order valence-electron chi connectivity index (χ4n) is 4.04. The molecule has 1 saturated heterocycles. The minimum absolute atomic E-state index is 0.104. The summed E-state index contributed by atoms with van der Waals surface area (Å²) in [5.74, 6) is 1.61. The minimum atomic E-state index is 0.104. The van der Waals surface area contributed by atoms with E-state index < -0.39 is 0 Å². The lowest BCUT2D eigenvalue weighted by atomic mass is 9.97. The second-order valence-corrected chi connectivity index (χ2v) is 9.37. The van der Waals surface area contributed by atoms with Crippen LogP contribution >= 0.6 is 23.4 Å². The summed E-state index contributed by atoms with van der Waals surface area (Å²) in [4.78, 5) is 23.1. The molecule has 5 rings (SSSR count). The average molecular weight is 467 g/mol. The van der Waals surface area contributed by atoms with Crippen LogP contribution in [0.15, 0.2) is 53.9 Å². The van der Waals surface area contributed by atoms with Gasteiger partial charge in [-0.1, -0.05) is 41.6 Å². The molecule has 0 saturated carbocycles. The maximum atomic E-state index is 13.0. The number of halogens is 1. The monoisotopic (exact) mass is 466 g/mol. The van der Waals surface area contributed by atoms with Crippen LogP contribution in [0, 0.1) is 6.92 Å². The topological polar surface area (TPSA) is 79.7 Å². The number of carbonyl (C=O) groups is 1. The maximum Gasteiger partial charge on any atom is 0.233 e. The molecule has 3 heterocycles. The lowest BCUT2D eigenvalue weighted by molar-refractivity contribution is -0.129. The van der Waals surface area contributed by atoms with Gasteiger partial charge in [0.1, 0.15) is 12.2 Å². The largest absolute Gasteiger partial charge is 0.342 e. The maximum absolute atomic E-state index is 13.0. The van der Waals surface area contributed by atoms with Crippen molar-refractivity contribution in [1.29, 1.82) is 0 Å². The van der Waals surface area contributed by atoms with Crippen molar-refractivity contribution in [3.05, 3.63) is 65.2 Å². The number of para-hydroxylation sites is 2. The number of hydrogen-bond donors (Lipinski definition) is 1. The Balaban J connectivity index is 1.25. The predicted molar refractivity (Wildman–Crippen MR) is 126 cm³/mol. The highest BCUT2D eigenvalue weighted by Crippen LogP contribution is 2.28. The summed E-state index contributed by atoms with van der Waals surface area (Å²) >= 11 is 7.67. The summed E-state index contributed by atoms with van der Waals surface area (Å²) < 4.78 is 1.86. The molecule has 32 heavy (non-hydrogen) atoms. The summed E-state index contributed by atoms with van der Waals surface area (Å²) in [5, 5.41) is 9.58. The van der Waals surface area contributed by atoms with Crippen LogP contribution < -0.4 is 0 Å². The molecule has 164 valence electrons. The lowest BCUT2D eigenvalue weighted by Crippen LogP contribution is -2.40. The van der Waals surface area contributed by atoms with Gasteiger partial charge >= 0.3 is 0 Å². The summed E-state index contributed by atoms with van der Waals surface area (Å²) in [6.45, 7) is 3.42. The van der Waals surface area contributed by atoms with Gasteiger partial charge in [-0.05, 0) is 49.6 Å². The van der Waals surface area contributed by atoms with E-state index in [1.807, 2.05) is 58.9 Å². The number of hydrogen-bond acceptors (Lipinski definition) is 5. The Hall–Kier alpha value is -2.84. The summed E-state index contributed by atoms with van der Waals surface area (Å²) in [6, 6.07) is 13.9. The Morgan fingerprint density at radius 2 is 2.16 bits per heavy atom. The highest BCUT2D eigenvalue weighted by Gasteiger charge is 2.27. The summed E-state index contributed by atoms with van der Waals surface area (Å²) in [5.41, 5.74) is 3.90. The molecule has 0 bridgehead atoms. The van der Waals surface area contributed by atoms with Gasteiger partial charge in [0.15, 0.2) is 5.16 Å². The van der Waals surface area contributed by atoms with Crippen LogP contribution in [-0.4, -0.2) is 54.4 Å². The van der Waals surface area contributed by atoms with Crippen molar-refractivity contribution in [3.8, 4) is 5.69 Å². The van der Waals surface area contributed by atoms with Crippen molar-refractivity contribution in [2.24, 2.45) is 0 Å². The molecule has 1 aliphatic rings. The summed E-state index contributed by atoms with van der Waals surface area (Å²) in [7, 11) is 0. The van der Waals surface area contributed by atoms with Gasteiger partial charge in [-0.25, -0.2) is 4.98 Å². The van der Waals surface area contributed by atoms with E-state index in [-0.39, 0.29) is 11.8 Å². The first-order valence-corrected chi connectivity index (χ1v) is 12.0. The Bertz CT molecular complexity index is 1240. The molecular formula is C23H23ClN6OS. The van der Waals surface area contributed by atoms with E-state index >= 15 is 0 Å². The first-order chi connectivity index (χ1) is 15.6. The average Bonchev–Trinajstić information content (AvgIpc) is 3.46. The molecule has 1 aliphatic heterocycles. The lowest BCUT2D eigenvalue weighted by Gasteiger charge is -2.31. The number of piperidine rings is 1. The van der Waals surface area contributed by atoms with E-state index in [1.54, 1.807) is 6.33 Å². The van der Waals surface area contributed by atoms with Crippen molar-refractivity contribution in [2.45, 2.75) is 30.8 Å². The number of rotatable bonds is 5. The van der Waals surface area contributed by atoms with E-state index in [0.717, 1.165) is 47.5 Å². The Morgan fingerprint density at radius 1 is 1.28 bits per heavy atom. The molecule has 1 fully saturated rings. The first-order valence-electron chi connectivity index (χ1n) is 10.6. The van der Waals surface area contributed by atoms with Gasteiger partial charge in [-0.15, -0.1) is 10.2 Å². The molecule has 1 atom stereocenters. The molecule has 1 unspecified atom stereocenters. The summed E-state index contributed by atoms with van der Waals surface area (Å²) in [6.07, 6.45) is 3.64. The molecule has 0 spiro atoms. The van der Waals surface area contributed by atoms with Gasteiger partial charge in [-0.2, -0.15) is 0 Å². The molecule has 1 N–H and O–H groups in total. The zero-order valence-corrected chi connectivity index (χ0v) is 19.2. The van der Waals surface area contributed by atoms with Crippen molar-refractivity contribution >= 4 is 40.3 Å². The smallest absolute Gasteiger partial charge is 0.233 e. The third-order valence-corrected chi connectivity index (χ3v) is 7.18. The Morgan fingerprint density at radius 3 is 3.00 bits per heavy atom. The van der Waals surface area contributed by atoms with E-state index in [1.165, 1.54) is 11.8 Å². The van der Waals surface area contributed by atoms with E-state index in [4.69, 9.17) is 16.6 Å². The number of aromatic nitrogens is 5. The molecule has 1 amide bonds. The number of H-pyrrole nitrogens is 1. The number of carbonyl (C=O) groups excluding carboxylic acids is 1. The molecular weight excluding hydrogens is 444 g/mol. The quantitative estimate of drug-likeness (QED) is 0.435. The molecule has 0 aliphatic carbocycles. The number of benzene rings is 2. The standard InChI is InChI=1S/C23H23ClN6OS/c1-15-8-9-17(11-18(15)24)30-14-25-28-23(30)32-13-21(31)29-10-4-5-16(12-29)22-26-19-6-2-3-7-20(19)27-22/h2-3,6-9,11,14,16H,4-5,10,12-13H2,1H3,(H,26,27). The fourth-order valence-corrected chi connectivity index (χ4v) is 5.05. The third-order valence-electron chi connectivity index (χ3n) is 5.84. The molecule has 2 aromatic carbocycles. The number of amides is 1. The number of aryl methyl sites for hydroxylation is 1. The number of nitrogens with one attached hydrogen (secondary N) is 1. The highest BCUT2D eigenvalue weighted by atomic mass is 35.5. The highest BCUT2D eigenvalue weighted by molar-refractivity contribution is 7.99. The van der Waals surface area contributed by atoms with E-state index in [2.05, 4.69) is 15.2 Å².